The normalized spacial score (nSPS) is 10.7. The molecule has 5 rings (SSSR count). The number of halogens is 1. The van der Waals surface area contributed by atoms with E-state index in [4.69, 9.17) is 0 Å². The number of carbonyl (C=O) groups excluding carboxylic acids is 1. The lowest BCUT2D eigenvalue weighted by Gasteiger charge is -2.11. The first-order valence-electron chi connectivity index (χ1n) is 12.0. The van der Waals surface area contributed by atoms with E-state index in [9.17, 15) is 9.18 Å². The Kier molecular flexibility index (Phi) is 6.82. The summed E-state index contributed by atoms with van der Waals surface area (Å²) in [7, 11) is 1.70. The number of nitrogens with zero attached hydrogens (tertiary/aromatic N) is 4. The van der Waals surface area contributed by atoms with Crippen LogP contribution in [0.1, 0.15) is 21.7 Å². The fourth-order valence-corrected chi connectivity index (χ4v) is 3.88. The van der Waals surface area contributed by atoms with Crippen LogP contribution in [0.5, 0.6) is 0 Å². The van der Waals surface area contributed by atoms with Gasteiger partial charge in [0.1, 0.15) is 17.3 Å². The molecule has 0 spiro atoms. The number of rotatable bonds is 7. The van der Waals surface area contributed by atoms with Gasteiger partial charge < -0.3 is 16.0 Å². The number of nitrogens with one attached hydrogen (secondary N) is 3. The molecule has 3 N–H and O–H groups in total. The van der Waals surface area contributed by atoms with Crippen LogP contribution in [0.15, 0.2) is 84.9 Å². The molecule has 0 fully saturated rings. The molecule has 0 aliphatic carbocycles. The Bertz CT molecular complexity index is 1580. The summed E-state index contributed by atoms with van der Waals surface area (Å²) in [4.78, 5) is 21.9. The molecule has 0 bridgehead atoms. The van der Waals surface area contributed by atoms with Gasteiger partial charge in [-0.25, -0.2) is 9.37 Å². The standard InChI is InChI=1S/C29H26FN7O/c1-18-4-10-24(11-5-18)34-29-31-19(2)16-27(35-29)32-22-12-14-23(15-13-22)33-28(38)26-17-25(36-37(26)3)20-6-8-21(30)9-7-20/h4-17H,1-3H3,(H,33,38)(H2,31,32,34,35). The van der Waals surface area contributed by atoms with Crippen molar-refractivity contribution in [3.8, 4) is 11.3 Å². The largest absolute Gasteiger partial charge is 0.340 e. The zero-order chi connectivity index (χ0) is 26.6. The summed E-state index contributed by atoms with van der Waals surface area (Å²) in [5.41, 5.74) is 6.05. The number of hydrogen-bond donors (Lipinski definition) is 3. The molecule has 2 heterocycles. The van der Waals surface area contributed by atoms with Gasteiger partial charge in [-0.1, -0.05) is 17.7 Å². The summed E-state index contributed by atoms with van der Waals surface area (Å²) in [6.45, 7) is 3.95. The van der Waals surface area contributed by atoms with Crippen LogP contribution in [0.25, 0.3) is 11.3 Å². The van der Waals surface area contributed by atoms with Crippen LogP contribution in [0.4, 0.5) is 33.2 Å². The Hall–Kier alpha value is -5.05. The molecule has 8 nitrogen and oxygen atoms in total. The van der Waals surface area contributed by atoms with Gasteiger partial charge in [-0.15, -0.1) is 0 Å². The Balaban J connectivity index is 1.25. The number of anilines is 5. The monoisotopic (exact) mass is 507 g/mol. The first-order valence-corrected chi connectivity index (χ1v) is 12.0. The fraction of sp³-hybridized carbons (Fsp3) is 0.103. The average molecular weight is 508 g/mol. The van der Waals surface area contributed by atoms with Crippen molar-refractivity contribution in [3.05, 3.63) is 108 Å². The highest BCUT2D eigenvalue weighted by atomic mass is 19.1. The van der Waals surface area contributed by atoms with Crippen LogP contribution < -0.4 is 16.0 Å². The van der Waals surface area contributed by atoms with Crippen LogP contribution in [0.3, 0.4) is 0 Å². The number of aromatic nitrogens is 4. The molecule has 0 saturated carbocycles. The summed E-state index contributed by atoms with van der Waals surface area (Å²) < 4.78 is 14.7. The summed E-state index contributed by atoms with van der Waals surface area (Å²) in [5.74, 6) is 0.519. The van der Waals surface area contributed by atoms with Crippen LogP contribution in [0.2, 0.25) is 0 Å². The van der Waals surface area contributed by atoms with Gasteiger partial charge in [0.05, 0.1) is 5.69 Å². The summed E-state index contributed by atoms with van der Waals surface area (Å²) in [5, 5.41) is 13.8. The molecule has 190 valence electrons. The number of amides is 1. The predicted molar refractivity (Wildman–Crippen MR) is 148 cm³/mol. The molecule has 0 saturated heterocycles. The minimum atomic E-state index is -0.324. The molecule has 38 heavy (non-hydrogen) atoms. The second kappa shape index (κ2) is 10.5. The third-order valence-corrected chi connectivity index (χ3v) is 5.83. The van der Waals surface area contributed by atoms with Crippen molar-refractivity contribution in [2.75, 3.05) is 16.0 Å². The van der Waals surface area contributed by atoms with E-state index in [0.29, 0.717) is 28.8 Å². The maximum atomic E-state index is 13.2. The smallest absolute Gasteiger partial charge is 0.273 e. The molecule has 1 amide bonds. The van der Waals surface area contributed by atoms with Gasteiger partial charge in [-0.2, -0.15) is 10.1 Å². The maximum absolute atomic E-state index is 13.2. The zero-order valence-electron chi connectivity index (χ0n) is 21.2. The lowest BCUT2D eigenvalue weighted by atomic mass is 10.1. The van der Waals surface area contributed by atoms with Crippen molar-refractivity contribution in [3.63, 3.8) is 0 Å². The summed E-state index contributed by atoms with van der Waals surface area (Å²) >= 11 is 0. The molecule has 0 aliphatic rings. The predicted octanol–water partition coefficient (Wildman–Crippen LogP) is 6.37. The van der Waals surface area contributed by atoms with E-state index in [-0.39, 0.29) is 11.7 Å². The Morgan fingerprint density at radius 2 is 1.42 bits per heavy atom. The Morgan fingerprint density at radius 1 is 0.789 bits per heavy atom. The Morgan fingerprint density at radius 3 is 2.13 bits per heavy atom. The van der Waals surface area contributed by atoms with Gasteiger partial charge in [0, 0.05) is 41.4 Å². The minimum absolute atomic E-state index is 0.299. The maximum Gasteiger partial charge on any atom is 0.273 e. The molecule has 2 aromatic heterocycles. The summed E-state index contributed by atoms with van der Waals surface area (Å²) in [6, 6.07) is 24.9. The second-order valence-corrected chi connectivity index (χ2v) is 8.91. The number of carbonyl (C=O) groups is 1. The topological polar surface area (TPSA) is 96.8 Å². The lowest BCUT2D eigenvalue weighted by molar-refractivity contribution is 0.101. The molecule has 0 atom stereocenters. The van der Waals surface area contributed by atoms with Crippen LogP contribution in [-0.4, -0.2) is 25.7 Å². The van der Waals surface area contributed by atoms with E-state index in [2.05, 4.69) is 31.0 Å². The second-order valence-electron chi connectivity index (χ2n) is 8.91. The highest BCUT2D eigenvalue weighted by Crippen LogP contribution is 2.23. The van der Waals surface area contributed by atoms with Crippen LogP contribution in [-0.2, 0) is 7.05 Å². The highest BCUT2D eigenvalue weighted by Gasteiger charge is 2.15. The first-order chi connectivity index (χ1) is 18.3. The average Bonchev–Trinajstić information content (AvgIpc) is 3.28. The van der Waals surface area contributed by atoms with Gasteiger partial charge in [0.25, 0.3) is 5.91 Å². The third kappa shape index (κ3) is 5.84. The molecular weight excluding hydrogens is 481 g/mol. The van der Waals surface area contributed by atoms with Crippen LogP contribution >= 0.6 is 0 Å². The van der Waals surface area contributed by atoms with Crippen molar-refractivity contribution in [1.29, 1.82) is 0 Å². The van der Waals surface area contributed by atoms with Gasteiger partial charge in [0.2, 0.25) is 5.95 Å². The highest BCUT2D eigenvalue weighted by molar-refractivity contribution is 6.03. The lowest BCUT2D eigenvalue weighted by Crippen LogP contribution is -2.16. The van der Waals surface area contributed by atoms with Gasteiger partial charge >= 0.3 is 0 Å². The number of aryl methyl sites for hydroxylation is 3. The van der Waals surface area contributed by atoms with Gasteiger partial charge in [-0.3, -0.25) is 9.48 Å². The molecule has 3 aromatic carbocycles. The quantitative estimate of drug-likeness (QED) is 0.237. The Labute approximate surface area is 219 Å². The zero-order valence-corrected chi connectivity index (χ0v) is 21.2. The molecular formula is C29H26FN7O. The summed E-state index contributed by atoms with van der Waals surface area (Å²) in [6.07, 6.45) is 0. The SMILES string of the molecule is Cc1ccc(Nc2nc(C)cc(Nc3ccc(NC(=O)c4cc(-c5ccc(F)cc5)nn4C)cc3)n2)cc1. The molecule has 5 aromatic rings. The molecule has 0 aliphatic heterocycles. The molecule has 9 heteroatoms. The number of benzene rings is 3. The van der Waals surface area contributed by atoms with Crippen molar-refractivity contribution >= 4 is 34.7 Å². The van der Waals surface area contributed by atoms with E-state index < -0.39 is 0 Å². The van der Waals surface area contributed by atoms with E-state index in [1.165, 1.54) is 22.4 Å². The third-order valence-electron chi connectivity index (χ3n) is 5.83. The van der Waals surface area contributed by atoms with Crippen molar-refractivity contribution in [1.82, 2.24) is 19.7 Å². The number of hydrogen-bond acceptors (Lipinski definition) is 6. The van der Waals surface area contributed by atoms with E-state index in [1.807, 2.05) is 56.3 Å². The van der Waals surface area contributed by atoms with Crippen molar-refractivity contribution in [2.45, 2.75) is 13.8 Å². The minimum Gasteiger partial charge on any atom is -0.340 e. The van der Waals surface area contributed by atoms with Crippen LogP contribution in [0, 0.1) is 19.7 Å². The first kappa shape index (κ1) is 24.6. The van der Waals surface area contributed by atoms with Gasteiger partial charge in [0.15, 0.2) is 0 Å². The fourth-order valence-electron chi connectivity index (χ4n) is 3.88. The van der Waals surface area contributed by atoms with Crippen molar-refractivity contribution < 1.29 is 9.18 Å². The van der Waals surface area contributed by atoms with E-state index >= 15 is 0 Å². The van der Waals surface area contributed by atoms with E-state index in [0.717, 1.165) is 22.6 Å². The van der Waals surface area contributed by atoms with E-state index in [1.54, 1.807) is 37.4 Å². The molecule has 0 unspecified atom stereocenters. The van der Waals surface area contributed by atoms with Gasteiger partial charge in [-0.05, 0) is 80.6 Å². The van der Waals surface area contributed by atoms with Crippen molar-refractivity contribution in [2.24, 2.45) is 7.05 Å². The molecule has 0 radical (unpaired) electrons.